The van der Waals surface area contributed by atoms with Crippen LogP contribution in [0.5, 0.6) is 0 Å². The fraction of sp³-hybridized carbons (Fsp3) is 0.0870. The van der Waals surface area contributed by atoms with Gasteiger partial charge in [-0.25, -0.2) is 4.79 Å². The zero-order chi connectivity index (χ0) is 22.7. The van der Waals surface area contributed by atoms with E-state index in [1.807, 2.05) is 42.5 Å². The molecule has 0 aliphatic heterocycles. The molecule has 0 bridgehead atoms. The van der Waals surface area contributed by atoms with Gasteiger partial charge in [0.2, 0.25) is 0 Å². The molecule has 0 unspecified atom stereocenters. The van der Waals surface area contributed by atoms with E-state index in [4.69, 9.17) is 11.6 Å². The van der Waals surface area contributed by atoms with E-state index in [1.54, 1.807) is 12.4 Å². The fourth-order valence-electron chi connectivity index (χ4n) is 3.14. The first-order valence-corrected chi connectivity index (χ1v) is 9.89. The predicted octanol–water partition coefficient (Wildman–Crippen LogP) is 6.29. The molecule has 0 fully saturated rings. The number of fused-ring (bicyclic) bond motifs is 1. The third-order valence-electron chi connectivity index (χ3n) is 4.74. The van der Waals surface area contributed by atoms with E-state index < -0.39 is 22.8 Å². The molecule has 0 saturated heterocycles. The molecule has 9 heteroatoms. The maximum atomic E-state index is 12.9. The summed E-state index contributed by atoms with van der Waals surface area (Å²) in [5, 5.41) is 4.58. The Kier molecular flexibility index (Phi) is 5.96. The number of alkyl halides is 3. The van der Waals surface area contributed by atoms with Gasteiger partial charge in [0.25, 0.3) is 0 Å². The van der Waals surface area contributed by atoms with Crippen LogP contribution in [0.2, 0.25) is 5.02 Å². The molecule has 0 aliphatic carbocycles. The summed E-state index contributed by atoms with van der Waals surface area (Å²) < 4.78 is 38.8. The maximum absolute atomic E-state index is 12.9. The van der Waals surface area contributed by atoms with Crippen LogP contribution in [0.15, 0.2) is 73.1 Å². The van der Waals surface area contributed by atoms with Crippen molar-refractivity contribution in [1.29, 1.82) is 0 Å². The van der Waals surface area contributed by atoms with Crippen molar-refractivity contribution in [3.8, 4) is 11.1 Å². The standard InChI is InChI=1S/C23H16ClF3N4O/c24-19-7-6-17(12-18(19)23(25,26)27)31-22(32)30-13-14-1-3-15(4-2-14)16-5-8-20-21(11-16)29-10-9-28-20/h1-12H,13H2,(H2,30,31,32). The van der Waals surface area contributed by atoms with Gasteiger partial charge >= 0.3 is 12.2 Å². The van der Waals surface area contributed by atoms with Crippen molar-refractivity contribution in [3.63, 3.8) is 0 Å². The number of rotatable bonds is 4. The number of halogens is 4. The summed E-state index contributed by atoms with van der Waals surface area (Å²) in [5.74, 6) is 0. The Morgan fingerprint density at radius 2 is 1.56 bits per heavy atom. The van der Waals surface area contributed by atoms with Crippen LogP contribution in [0.4, 0.5) is 23.7 Å². The SMILES string of the molecule is O=C(NCc1ccc(-c2ccc3nccnc3c2)cc1)Nc1ccc(Cl)c(C(F)(F)F)c1. The van der Waals surface area contributed by atoms with Crippen LogP contribution in [-0.4, -0.2) is 16.0 Å². The Bertz CT molecular complexity index is 1280. The van der Waals surface area contributed by atoms with Crippen molar-refractivity contribution in [3.05, 3.63) is 89.2 Å². The summed E-state index contributed by atoms with van der Waals surface area (Å²) in [6.45, 7) is 0.203. The van der Waals surface area contributed by atoms with Crippen molar-refractivity contribution in [2.75, 3.05) is 5.32 Å². The van der Waals surface area contributed by atoms with Crippen LogP contribution in [0.3, 0.4) is 0 Å². The third kappa shape index (κ3) is 4.97. The summed E-state index contributed by atoms with van der Waals surface area (Å²) in [6, 6.07) is 15.9. The second-order valence-electron chi connectivity index (χ2n) is 6.96. The molecule has 4 aromatic rings. The second-order valence-corrected chi connectivity index (χ2v) is 7.36. The van der Waals surface area contributed by atoms with E-state index in [0.29, 0.717) is 0 Å². The number of hydrogen-bond acceptors (Lipinski definition) is 3. The smallest absolute Gasteiger partial charge is 0.334 e. The quantitative estimate of drug-likeness (QED) is 0.379. The third-order valence-corrected chi connectivity index (χ3v) is 5.07. The van der Waals surface area contributed by atoms with Crippen LogP contribution in [0.1, 0.15) is 11.1 Å². The average Bonchev–Trinajstić information content (AvgIpc) is 2.78. The minimum absolute atomic E-state index is 0.00558. The fourth-order valence-corrected chi connectivity index (χ4v) is 3.36. The van der Waals surface area contributed by atoms with E-state index in [9.17, 15) is 18.0 Å². The molecule has 4 rings (SSSR count). The molecule has 0 atom stereocenters. The van der Waals surface area contributed by atoms with Crippen LogP contribution in [0.25, 0.3) is 22.2 Å². The number of carbonyl (C=O) groups excluding carboxylic acids is 1. The lowest BCUT2D eigenvalue weighted by Crippen LogP contribution is -2.28. The molecule has 162 valence electrons. The minimum Gasteiger partial charge on any atom is -0.334 e. The lowest BCUT2D eigenvalue weighted by molar-refractivity contribution is -0.137. The van der Waals surface area contributed by atoms with Crippen LogP contribution in [-0.2, 0) is 12.7 Å². The summed E-state index contributed by atoms with van der Waals surface area (Å²) in [4.78, 5) is 20.7. The van der Waals surface area contributed by atoms with Crippen molar-refractivity contribution in [1.82, 2.24) is 15.3 Å². The van der Waals surface area contributed by atoms with Crippen molar-refractivity contribution >= 4 is 34.4 Å². The van der Waals surface area contributed by atoms with E-state index >= 15 is 0 Å². The molecule has 0 spiro atoms. The lowest BCUT2D eigenvalue weighted by Gasteiger charge is -2.12. The predicted molar refractivity (Wildman–Crippen MR) is 117 cm³/mol. The topological polar surface area (TPSA) is 66.9 Å². The van der Waals surface area contributed by atoms with Gasteiger partial charge in [-0.05, 0) is 47.0 Å². The Hall–Kier alpha value is -3.65. The number of benzene rings is 3. The summed E-state index contributed by atoms with van der Waals surface area (Å²) >= 11 is 5.59. The number of nitrogens with zero attached hydrogens (tertiary/aromatic N) is 2. The monoisotopic (exact) mass is 456 g/mol. The van der Waals surface area contributed by atoms with E-state index in [1.165, 1.54) is 6.07 Å². The van der Waals surface area contributed by atoms with Gasteiger partial charge in [0.15, 0.2) is 0 Å². The summed E-state index contributed by atoms with van der Waals surface area (Å²) in [7, 11) is 0. The molecule has 2 N–H and O–H groups in total. The zero-order valence-corrected chi connectivity index (χ0v) is 17.2. The highest BCUT2D eigenvalue weighted by Crippen LogP contribution is 2.36. The van der Waals surface area contributed by atoms with Gasteiger partial charge in [-0.2, -0.15) is 13.2 Å². The van der Waals surface area contributed by atoms with E-state index in [0.717, 1.165) is 39.9 Å². The van der Waals surface area contributed by atoms with Crippen molar-refractivity contribution < 1.29 is 18.0 Å². The molecule has 1 aromatic heterocycles. The van der Waals surface area contributed by atoms with Gasteiger partial charge in [0.1, 0.15) is 0 Å². The Labute approximate surface area is 186 Å². The van der Waals surface area contributed by atoms with Gasteiger partial charge in [0, 0.05) is 24.6 Å². The lowest BCUT2D eigenvalue weighted by atomic mass is 10.0. The number of anilines is 1. The van der Waals surface area contributed by atoms with Gasteiger partial charge in [0.05, 0.1) is 21.6 Å². The summed E-state index contributed by atoms with van der Waals surface area (Å²) in [6.07, 6.45) is -1.33. The molecule has 0 aliphatic rings. The van der Waals surface area contributed by atoms with Crippen LogP contribution >= 0.6 is 11.6 Å². The Morgan fingerprint density at radius 3 is 2.28 bits per heavy atom. The Morgan fingerprint density at radius 1 is 0.875 bits per heavy atom. The van der Waals surface area contributed by atoms with E-state index in [-0.39, 0.29) is 12.2 Å². The first-order valence-electron chi connectivity index (χ1n) is 9.51. The highest BCUT2D eigenvalue weighted by atomic mass is 35.5. The normalized spacial score (nSPS) is 11.4. The summed E-state index contributed by atoms with van der Waals surface area (Å²) in [5.41, 5.74) is 3.39. The molecule has 1 heterocycles. The molecule has 0 saturated carbocycles. The number of urea groups is 1. The molecule has 2 amide bonds. The maximum Gasteiger partial charge on any atom is 0.417 e. The Balaban J connectivity index is 1.38. The van der Waals surface area contributed by atoms with Gasteiger partial charge in [-0.15, -0.1) is 0 Å². The molecule has 5 nitrogen and oxygen atoms in total. The van der Waals surface area contributed by atoms with Crippen LogP contribution in [0, 0.1) is 0 Å². The zero-order valence-electron chi connectivity index (χ0n) is 16.4. The number of aromatic nitrogens is 2. The highest BCUT2D eigenvalue weighted by Gasteiger charge is 2.33. The largest absolute Gasteiger partial charge is 0.417 e. The molecule has 0 radical (unpaired) electrons. The van der Waals surface area contributed by atoms with Crippen LogP contribution < -0.4 is 10.6 Å². The van der Waals surface area contributed by atoms with Gasteiger partial charge < -0.3 is 10.6 Å². The van der Waals surface area contributed by atoms with E-state index in [2.05, 4.69) is 20.6 Å². The second kappa shape index (κ2) is 8.84. The number of amides is 2. The van der Waals surface area contributed by atoms with Gasteiger partial charge in [-0.3, -0.25) is 9.97 Å². The first-order chi connectivity index (χ1) is 15.3. The molecule has 32 heavy (non-hydrogen) atoms. The number of hydrogen-bond donors (Lipinski definition) is 2. The van der Waals surface area contributed by atoms with Crippen molar-refractivity contribution in [2.24, 2.45) is 0 Å². The first kappa shape index (κ1) is 21.6. The highest BCUT2D eigenvalue weighted by molar-refractivity contribution is 6.31. The number of nitrogens with one attached hydrogen (secondary N) is 2. The molecular weight excluding hydrogens is 441 g/mol. The molecular formula is C23H16ClF3N4O. The van der Waals surface area contributed by atoms with Gasteiger partial charge in [-0.1, -0.05) is 41.9 Å². The minimum atomic E-state index is -4.61. The molecule has 3 aromatic carbocycles. The number of carbonyl (C=O) groups is 1. The van der Waals surface area contributed by atoms with Crippen molar-refractivity contribution in [2.45, 2.75) is 12.7 Å². The average molecular weight is 457 g/mol.